The lowest BCUT2D eigenvalue weighted by atomic mass is 10.3. The Kier molecular flexibility index (Phi) is 6.29. The van der Waals surface area contributed by atoms with Crippen LogP contribution in [0.4, 0.5) is 0 Å². The maximum atomic E-state index is 11.9. The van der Waals surface area contributed by atoms with E-state index in [9.17, 15) is 4.79 Å². The minimum Gasteiger partial charge on any atom is -0.494 e. The van der Waals surface area contributed by atoms with Crippen LogP contribution in [0, 0.1) is 0 Å². The summed E-state index contributed by atoms with van der Waals surface area (Å²) in [5, 5.41) is 0. The fourth-order valence-electron chi connectivity index (χ4n) is 1.90. The van der Waals surface area contributed by atoms with Crippen LogP contribution in [0.2, 0.25) is 0 Å². The highest BCUT2D eigenvalue weighted by molar-refractivity contribution is 5.74. The fourth-order valence-corrected chi connectivity index (χ4v) is 1.90. The van der Waals surface area contributed by atoms with Gasteiger partial charge in [-0.2, -0.15) is 0 Å². The van der Waals surface area contributed by atoms with E-state index in [0.717, 1.165) is 5.75 Å². The Morgan fingerprint density at radius 2 is 1.35 bits per heavy atom. The standard InChI is InChI=1S/C18H20O5/c1-3-20-14-9-11-15(12-10-14)22-13-18(19)23-17-8-6-5-7-16(17)21-4-2/h5-12H,3-4,13H2,1-2H3. The van der Waals surface area contributed by atoms with Gasteiger partial charge in [-0.15, -0.1) is 0 Å². The lowest BCUT2D eigenvalue weighted by molar-refractivity contribution is -0.136. The SMILES string of the molecule is CCOc1ccc(OCC(=O)Oc2ccccc2OCC)cc1. The van der Waals surface area contributed by atoms with Gasteiger partial charge in [0.05, 0.1) is 13.2 Å². The van der Waals surface area contributed by atoms with E-state index >= 15 is 0 Å². The van der Waals surface area contributed by atoms with Crippen molar-refractivity contribution in [3.05, 3.63) is 48.5 Å². The minimum atomic E-state index is -0.494. The summed E-state index contributed by atoms with van der Waals surface area (Å²) < 4.78 is 21.4. The molecule has 0 amide bonds. The number of para-hydroxylation sites is 2. The van der Waals surface area contributed by atoms with Gasteiger partial charge >= 0.3 is 5.97 Å². The topological polar surface area (TPSA) is 54.0 Å². The first-order chi connectivity index (χ1) is 11.2. The Labute approximate surface area is 135 Å². The maximum Gasteiger partial charge on any atom is 0.349 e. The van der Waals surface area contributed by atoms with Gasteiger partial charge in [-0.1, -0.05) is 12.1 Å². The Morgan fingerprint density at radius 3 is 1.96 bits per heavy atom. The van der Waals surface area contributed by atoms with Gasteiger partial charge in [-0.25, -0.2) is 4.79 Å². The Morgan fingerprint density at radius 1 is 0.783 bits per heavy atom. The number of rotatable bonds is 8. The molecule has 0 unspecified atom stereocenters. The molecule has 5 heteroatoms. The molecule has 2 aromatic rings. The smallest absolute Gasteiger partial charge is 0.349 e. The molecule has 0 aliphatic rings. The second kappa shape index (κ2) is 8.68. The third-order valence-electron chi connectivity index (χ3n) is 2.86. The van der Waals surface area contributed by atoms with Crippen LogP contribution < -0.4 is 18.9 Å². The van der Waals surface area contributed by atoms with Gasteiger partial charge in [0.2, 0.25) is 0 Å². The fraction of sp³-hybridized carbons (Fsp3) is 0.278. The van der Waals surface area contributed by atoms with Crippen molar-refractivity contribution in [1.82, 2.24) is 0 Å². The van der Waals surface area contributed by atoms with E-state index in [2.05, 4.69) is 0 Å². The first kappa shape index (κ1) is 16.7. The molecule has 0 aliphatic carbocycles. The first-order valence-electron chi connectivity index (χ1n) is 7.51. The van der Waals surface area contributed by atoms with Gasteiger partial charge < -0.3 is 18.9 Å². The van der Waals surface area contributed by atoms with E-state index in [1.54, 1.807) is 42.5 Å². The molecule has 0 bridgehead atoms. The van der Waals surface area contributed by atoms with Crippen LogP contribution in [0.25, 0.3) is 0 Å². The van der Waals surface area contributed by atoms with Crippen LogP contribution in [0.5, 0.6) is 23.0 Å². The molecule has 0 aromatic heterocycles. The lowest BCUT2D eigenvalue weighted by Crippen LogP contribution is -2.18. The second-order valence-corrected chi connectivity index (χ2v) is 4.55. The van der Waals surface area contributed by atoms with E-state index in [1.807, 2.05) is 19.9 Å². The number of carbonyl (C=O) groups excluding carboxylic acids is 1. The predicted octanol–water partition coefficient (Wildman–Crippen LogP) is 3.47. The van der Waals surface area contributed by atoms with E-state index in [-0.39, 0.29) is 6.61 Å². The molecule has 0 saturated carbocycles. The highest BCUT2D eigenvalue weighted by Gasteiger charge is 2.10. The molecule has 0 spiro atoms. The number of hydrogen-bond donors (Lipinski definition) is 0. The minimum absolute atomic E-state index is 0.186. The number of esters is 1. The number of ether oxygens (including phenoxy) is 4. The van der Waals surface area contributed by atoms with E-state index in [0.29, 0.717) is 30.5 Å². The quantitative estimate of drug-likeness (QED) is 0.551. The average molecular weight is 316 g/mol. The van der Waals surface area contributed by atoms with Crippen molar-refractivity contribution in [2.24, 2.45) is 0 Å². The zero-order chi connectivity index (χ0) is 16.5. The van der Waals surface area contributed by atoms with Crippen molar-refractivity contribution in [1.29, 1.82) is 0 Å². The van der Waals surface area contributed by atoms with Crippen molar-refractivity contribution in [2.45, 2.75) is 13.8 Å². The summed E-state index contributed by atoms with van der Waals surface area (Å²) in [6.07, 6.45) is 0. The highest BCUT2D eigenvalue weighted by Crippen LogP contribution is 2.26. The Bertz CT molecular complexity index is 622. The zero-order valence-corrected chi connectivity index (χ0v) is 13.3. The van der Waals surface area contributed by atoms with Gasteiger partial charge in [0, 0.05) is 0 Å². The largest absolute Gasteiger partial charge is 0.494 e. The Balaban J connectivity index is 1.87. The lowest BCUT2D eigenvalue weighted by Gasteiger charge is -2.11. The van der Waals surface area contributed by atoms with Gasteiger partial charge in [-0.3, -0.25) is 0 Å². The van der Waals surface area contributed by atoms with Crippen molar-refractivity contribution >= 4 is 5.97 Å². The molecule has 2 rings (SSSR count). The third kappa shape index (κ3) is 5.21. The molecule has 122 valence electrons. The Hall–Kier alpha value is -2.69. The van der Waals surface area contributed by atoms with Crippen LogP contribution in [0.1, 0.15) is 13.8 Å². The molecule has 2 aromatic carbocycles. The molecule has 0 heterocycles. The van der Waals surface area contributed by atoms with Crippen molar-refractivity contribution in [2.75, 3.05) is 19.8 Å². The summed E-state index contributed by atoms with van der Waals surface area (Å²) in [5.74, 6) is 1.75. The van der Waals surface area contributed by atoms with Crippen LogP contribution >= 0.6 is 0 Å². The molecule has 0 saturated heterocycles. The van der Waals surface area contributed by atoms with Gasteiger partial charge in [0.1, 0.15) is 11.5 Å². The van der Waals surface area contributed by atoms with E-state index < -0.39 is 5.97 Å². The summed E-state index contributed by atoms with van der Waals surface area (Å²) in [5.41, 5.74) is 0. The van der Waals surface area contributed by atoms with Crippen molar-refractivity contribution in [3.63, 3.8) is 0 Å². The van der Waals surface area contributed by atoms with Crippen molar-refractivity contribution in [3.8, 4) is 23.0 Å². The summed E-state index contributed by atoms with van der Waals surface area (Å²) in [6.45, 7) is 4.70. The van der Waals surface area contributed by atoms with Gasteiger partial charge in [0.15, 0.2) is 18.1 Å². The van der Waals surface area contributed by atoms with Crippen LogP contribution in [-0.4, -0.2) is 25.8 Å². The molecule has 0 N–H and O–H groups in total. The van der Waals surface area contributed by atoms with Gasteiger partial charge in [0.25, 0.3) is 0 Å². The summed E-state index contributed by atoms with van der Waals surface area (Å²) in [6, 6.07) is 14.1. The maximum absolute atomic E-state index is 11.9. The summed E-state index contributed by atoms with van der Waals surface area (Å²) in [4.78, 5) is 11.9. The molecular formula is C18H20O5. The van der Waals surface area contributed by atoms with Crippen LogP contribution in [0.15, 0.2) is 48.5 Å². The summed E-state index contributed by atoms with van der Waals surface area (Å²) in [7, 11) is 0. The molecular weight excluding hydrogens is 296 g/mol. The second-order valence-electron chi connectivity index (χ2n) is 4.55. The number of benzene rings is 2. The average Bonchev–Trinajstić information content (AvgIpc) is 2.57. The zero-order valence-electron chi connectivity index (χ0n) is 13.3. The predicted molar refractivity (Wildman–Crippen MR) is 86.4 cm³/mol. The van der Waals surface area contributed by atoms with Gasteiger partial charge in [-0.05, 0) is 50.2 Å². The molecule has 0 atom stereocenters. The molecule has 5 nitrogen and oxygen atoms in total. The highest BCUT2D eigenvalue weighted by atomic mass is 16.6. The van der Waals surface area contributed by atoms with Crippen molar-refractivity contribution < 1.29 is 23.7 Å². The third-order valence-corrected chi connectivity index (χ3v) is 2.86. The molecule has 0 radical (unpaired) electrons. The molecule has 0 fully saturated rings. The summed E-state index contributed by atoms with van der Waals surface area (Å²) >= 11 is 0. The van der Waals surface area contributed by atoms with E-state index in [1.165, 1.54) is 0 Å². The number of hydrogen-bond acceptors (Lipinski definition) is 5. The number of carbonyl (C=O) groups is 1. The molecule has 23 heavy (non-hydrogen) atoms. The normalized spacial score (nSPS) is 10.0. The van der Waals surface area contributed by atoms with Crippen LogP contribution in [-0.2, 0) is 4.79 Å². The van der Waals surface area contributed by atoms with Crippen LogP contribution in [0.3, 0.4) is 0 Å². The molecule has 0 aliphatic heterocycles. The first-order valence-corrected chi connectivity index (χ1v) is 7.51. The monoisotopic (exact) mass is 316 g/mol. The van der Waals surface area contributed by atoms with E-state index in [4.69, 9.17) is 18.9 Å².